The number of nitrogens with zero attached hydrogens (tertiary/aromatic N) is 2. The van der Waals surface area contributed by atoms with E-state index in [1.54, 1.807) is 18.4 Å². The van der Waals surface area contributed by atoms with Crippen LogP contribution in [0.1, 0.15) is 33.5 Å². The van der Waals surface area contributed by atoms with E-state index in [1.807, 2.05) is 53.9 Å². The van der Waals surface area contributed by atoms with E-state index in [0.29, 0.717) is 17.1 Å². The van der Waals surface area contributed by atoms with Gasteiger partial charge in [0.05, 0.1) is 24.3 Å². The Balaban J connectivity index is 1.72. The summed E-state index contributed by atoms with van der Waals surface area (Å²) < 4.78 is 10.8. The third-order valence-corrected chi connectivity index (χ3v) is 4.99. The van der Waals surface area contributed by atoms with Gasteiger partial charge in [0.25, 0.3) is 5.91 Å². The molecule has 5 nitrogen and oxygen atoms in total. The van der Waals surface area contributed by atoms with Crippen molar-refractivity contribution >= 4 is 23.0 Å². The van der Waals surface area contributed by atoms with Gasteiger partial charge in [0.1, 0.15) is 17.2 Å². The fraction of sp³-hybridized carbons (Fsp3) is 0.158. The van der Waals surface area contributed by atoms with Gasteiger partial charge in [0, 0.05) is 6.42 Å². The van der Waals surface area contributed by atoms with E-state index >= 15 is 0 Å². The Morgan fingerprint density at radius 2 is 2.20 bits per heavy atom. The summed E-state index contributed by atoms with van der Waals surface area (Å²) in [7, 11) is 1.63. The molecule has 25 heavy (non-hydrogen) atoms. The number of rotatable bonds is 4. The predicted molar refractivity (Wildman–Crippen MR) is 96.1 cm³/mol. The minimum atomic E-state index is -0.190. The van der Waals surface area contributed by atoms with E-state index in [1.165, 1.54) is 11.3 Å². The van der Waals surface area contributed by atoms with Gasteiger partial charge >= 0.3 is 0 Å². The molecule has 0 bridgehead atoms. The average molecular weight is 352 g/mol. The summed E-state index contributed by atoms with van der Waals surface area (Å²) in [6.07, 6.45) is 2.21. The van der Waals surface area contributed by atoms with E-state index in [0.717, 1.165) is 17.0 Å². The van der Waals surface area contributed by atoms with E-state index in [4.69, 9.17) is 9.15 Å². The van der Waals surface area contributed by atoms with Crippen LogP contribution in [0.15, 0.2) is 69.7 Å². The number of methoxy groups -OCH3 is 1. The van der Waals surface area contributed by atoms with Crippen LogP contribution >= 0.6 is 11.3 Å². The van der Waals surface area contributed by atoms with E-state index in [2.05, 4.69) is 5.10 Å². The van der Waals surface area contributed by atoms with E-state index < -0.39 is 0 Å². The van der Waals surface area contributed by atoms with Gasteiger partial charge in [-0.3, -0.25) is 4.79 Å². The van der Waals surface area contributed by atoms with Crippen LogP contribution in [-0.4, -0.2) is 23.7 Å². The van der Waals surface area contributed by atoms with Crippen LogP contribution in [0.2, 0.25) is 0 Å². The molecule has 1 amide bonds. The van der Waals surface area contributed by atoms with Gasteiger partial charge in [-0.2, -0.15) is 5.10 Å². The standard InChI is InChI=1S/C19H16N2O3S/c1-23-14-6-2-5-13(11-14)16-12-15(17-7-3-9-24-17)20-21(16)19(22)18-8-4-10-25-18/h2-11,16H,12H2,1H3/t16-/m1/s1. The zero-order valence-electron chi connectivity index (χ0n) is 13.6. The van der Waals surface area contributed by atoms with Crippen LogP contribution in [0.3, 0.4) is 0 Å². The molecule has 0 aliphatic carbocycles. The monoisotopic (exact) mass is 352 g/mol. The number of hydrogen-bond donors (Lipinski definition) is 0. The summed E-state index contributed by atoms with van der Waals surface area (Å²) in [5.74, 6) is 1.34. The first kappa shape index (κ1) is 15.7. The van der Waals surface area contributed by atoms with Crippen molar-refractivity contribution in [2.75, 3.05) is 7.11 Å². The van der Waals surface area contributed by atoms with Crippen LogP contribution in [-0.2, 0) is 0 Å². The Morgan fingerprint density at radius 3 is 2.92 bits per heavy atom. The molecule has 1 aliphatic heterocycles. The van der Waals surface area contributed by atoms with Gasteiger partial charge in [-0.15, -0.1) is 11.3 Å². The van der Waals surface area contributed by atoms with Crippen molar-refractivity contribution in [3.63, 3.8) is 0 Å². The molecule has 6 heteroatoms. The first-order valence-electron chi connectivity index (χ1n) is 7.88. The molecule has 1 atom stereocenters. The number of hydrogen-bond acceptors (Lipinski definition) is 5. The lowest BCUT2D eigenvalue weighted by Gasteiger charge is -2.21. The molecule has 3 aromatic rings. The molecule has 0 saturated heterocycles. The van der Waals surface area contributed by atoms with Crippen molar-refractivity contribution in [1.29, 1.82) is 0 Å². The number of amides is 1. The average Bonchev–Trinajstić information content (AvgIpc) is 3.42. The van der Waals surface area contributed by atoms with Crippen LogP contribution in [0.25, 0.3) is 0 Å². The Bertz CT molecular complexity index is 901. The summed E-state index contributed by atoms with van der Waals surface area (Å²) in [6, 6.07) is 14.9. The van der Waals surface area contributed by atoms with Crippen molar-refractivity contribution < 1.29 is 13.9 Å². The Labute approximate surface area is 149 Å². The first-order valence-corrected chi connectivity index (χ1v) is 8.76. The molecule has 0 unspecified atom stereocenters. The second kappa shape index (κ2) is 6.57. The van der Waals surface area contributed by atoms with Crippen LogP contribution in [0.5, 0.6) is 5.75 Å². The van der Waals surface area contributed by atoms with Gasteiger partial charge in [-0.1, -0.05) is 18.2 Å². The highest BCUT2D eigenvalue weighted by Crippen LogP contribution is 2.35. The Kier molecular flexibility index (Phi) is 4.11. The summed E-state index contributed by atoms with van der Waals surface area (Å²) in [5, 5.41) is 8.02. The van der Waals surface area contributed by atoms with Crippen LogP contribution in [0.4, 0.5) is 0 Å². The van der Waals surface area contributed by atoms with Gasteiger partial charge < -0.3 is 9.15 Å². The molecule has 4 rings (SSSR count). The maximum absolute atomic E-state index is 12.9. The molecule has 3 heterocycles. The minimum Gasteiger partial charge on any atom is -0.497 e. The van der Waals surface area contributed by atoms with Crippen molar-refractivity contribution in [2.45, 2.75) is 12.5 Å². The second-order valence-electron chi connectivity index (χ2n) is 5.65. The number of thiophene rings is 1. The van der Waals surface area contributed by atoms with Gasteiger partial charge in [0.15, 0.2) is 0 Å². The number of ether oxygens (including phenoxy) is 1. The fourth-order valence-electron chi connectivity index (χ4n) is 2.91. The van der Waals surface area contributed by atoms with E-state index in [-0.39, 0.29) is 11.9 Å². The lowest BCUT2D eigenvalue weighted by Crippen LogP contribution is -2.26. The highest BCUT2D eigenvalue weighted by molar-refractivity contribution is 7.12. The molecule has 0 radical (unpaired) electrons. The SMILES string of the molecule is COc1cccc([C@H]2CC(c3ccco3)=NN2C(=O)c2cccs2)c1. The number of carbonyl (C=O) groups is 1. The molecule has 1 aliphatic rings. The first-order chi connectivity index (χ1) is 12.3. The lowest BCUT2D eigenvalue weighted by molar-refractivity contribution is 0.0716. The predicted octanol–water partition coefficient (Wildman–Crippen LogP) is 4.34. The number of hydrazone groups is 1. The van der Waals surface area contributed by atoms with Crippen LogP contribution in [0, 0.1) is 0 Å². The molecule has 126 valence electrons. The number of benzene rings is 1. The minimum absolute atomic E-state index is 0.107. The van der Waals surface area contributed by atoms with Gasteiger partial charge in [-0.25, -0.2) is 5.01 Å². The summed E-state index contributed by atoms with van der Waals surface area (Å²) >= 11 is 1.41. The highest BCUT2D eigenvalue weighted by atomic mass is 32.1. The van der Waals surface area contributed by atoms with Crippen molar-refractivity contribution in [3.8, 4) is 5.75 Å². The zero-order valence-corrected chi connectivity index (χ0v) is 14.4. The quantitative estimate of drug-likeness (QED) is 0.702. The summed E-state index contributed by atoms with van der Waals surface area (Å²) in [6.45, 7) is 0. The maximum atomic E-state index is 12.9. The van der Waals surface area contributed by atoms with Crippen molar-refractivity contribution in [1.82, 2.24) is 5.01 Å². The molecular formula is C19H16N2O3S. The molecule has 0 saturated carbocycles. The highest BCUT2D eigenvalue weighted by Gasteiger charge is 2.35. The van der Waals surface area contributed by atoms with Crippen molar-refractivity contribution in [3.05, 3.63) is 76.4 Å². The van der Waals surface area contributed by atoms with E-state index in [9.17, 15) is 4.79 Å². The molecule has 2 aromatic heterocycles. The molecule has 1 aromatic carbocycles. The number of furan rings is 1. The van der Waals surface area contributed by atoms with Gasteiger partial charge in [0.2, 0.25) is 0 Å². The summed E-state index contributed by atoms with van der Waals surface area (Å²) in [4.78, 5) is 13.6. The fourth-order valence-corrected chi connectivity index (χ4v) is 3.57. The maximum Gasteiger partial charge on any atom is 0.284 e. The third kappa shape index (κ3) is 2.96. The molecule has 0 N–H and O–H groups in total. The molecule has 0 fully saturated rings. The third-order valence-electron chi connectivity index (χ3n) is 4.13. The van der Waals surface area contributed by atoms with Crippen molar-refractivity contribution in [2.24, 2.45) is 5.10 Å². The lowest BCUT2D eigenvalue weighted by atomic mass is 10.0. The summed E-state index contributed by atoms with van der Waals surface area (Å²) in [5.41, 5.74) is 1.75. The largest absolute Gasteiger partial charge is 0.497 e. The van der Waals surface area contributed by atoms with Gasteiger partial charge in [-0.05, 0) is 41.3 Å². The molecular weight excluding hydrogens is 336 g/mol. The topological polar surface area (TPSA) is 55.0 Å². The Hall–Kier alpha value is -2.86. The smallest absolute Gasteiger partial charge is 0.284 e. The van der Waals surface area contributed by atoms with Crippen LogP contribution < -0.4 is 4.74 Å². The number of carbonyl (C=O) groups excluding carboxylic acids is 1. The zero-order chi connectivity index (χ0) is 17.2. The Morgan fingerprint density at radius 1 is 1.28 bits per heavy atom. The molecule has 0 spiro atoms. The second-order valence-corrected chi connectivity index (χ2v) is 6.60. The normalized spacial score (nSPS) is 16.8.